The van der Waals surface area contributed by atoms with E-state index >= 15 is 0 Å². The van der Waals surface area contributed by atoms with Gasteiger partial charge in [0, 0.05) is 30.9 Å². The number of urea groups is 1. The molecular weight excluding hydrogens is 282 g/mol. The Kier molecular flexibility index (Phi) is 5.38. The van der Waals surface area contributed by atoms with E-state index in [0.29, 0.717) is 37.5 Å². The third-order valence-corrected chi connectivity index (χ3v) is 3.61. The molecule has 1 aromatic carbocycles. The smallest absolute Gasteiger partial charge is 0.322 e. The van der Waals surface area contributed by atoms with Crippen molar-refractivity contribution in [2.45, 2.75) is 33.3 Å². The van der Waals surface area contributed by atoms with E-state index in [2.05, 4.69) is 10.6 Å². The first-order valence-electron chi connectivity index (χ1n) is 7.57. The monoisotopic (exact) mass is 305 g/mol. The van der Waals surface area contributed by atoms with Gasteiger partial charge in [-0.3, -0.25) is 4.79 Å². The average Bonchev–Trinajstić information content (AvgIpc) is 2.50. The van der Waals surface area contributed by atoms with Gasteiger partial charge >= 0.3 is 6.03 Å². The number of anilines is 2. The third kappa shape index (κ3) is 4.21. The maximum absolute atomic E-state index is 12.3. The van der Waals surface area contributed by atoms with Crippen molar-refractivity contribution in [3.8, 4) is 0 Å². The standard InChI is InChI=1S/C16H23N3O3/c1-4-15(20)17-13-6-5-11(2)14(9-13)18-16(21)19-7-8-22-12(3)10-19/h5-6,9,12H,4,7-8,10H2,1-3H3,(H,17,20)(H,18,21). The number of nitrogens with one attached hydrogen (secondary N) is 2. The number of carbonyl (C=O) groups is 2. The number of hydrogen-bond donors (Lipinski definition) is 2. The van der Waals surface area contributed by atoms with E-state index in [4.69, 9.17) is 4.74 Å². The number of aryl methyl sites for hydroxylation is 1. The number of rotatable bonds is 3. The van der Waals surface area contributed by atoms with Crippen molar-refractivity contribution in [2.75, 3.05) is 30.3 Å². The fourth-order valence-electron chi connectivity index (χ4n) is 2.28. The Morgan fingerprint density at radius 3 is 2.82 bits per heavy atom. The van der Waals surface area contributed by atoms with Crippen LogP contribution in [0.4, 0.5) is 16.2 Å². The highest BCUT2D eigenvalue weighted by molar-refractivity contribution is 5.94. The van der Waals surface area contributed by atoms with Crippen LogP contribution in [0.1, 0.15) is 25.8 Å². The highest BCUT2D eigenvalue weighted by Crippen LogP contribution is 2.21. The number of nitrogens with zero attached hydrogens (tertiary/aromatic N) is 1. The number of benzene rings is 1. The van der Waals surface area contributed by atoms with Crippen molar-refractivity contribution in [1.29, 1.82) is 0 Å². The predicted molar refractivity (Wildman–Crippen MR) is 86.1 cm³/mol. The van der Waals surface area contributed by atoms with Gasteiger partial charge in [0.1, 0.15) is 0 Å². The Hall–Kier alpha value is -2.08. The summed E-state index contributed by atoms with van der Waals surface area (Å²) in [5.74, 6) is -0.0527. The van der Waals surface area contributed by atoms with Crippen LogP contribution in [0.15, 0.2) is 18.2 Å². The molecule has 1 heterocycles. The van der Waals surface area contributed by atoms with Gasteiger partial charge in [0.2, 0.25) is 5.91 Å². The summed E-state index contributed by atoms with van der Waals surface area (Å²) in [6.45, 7) is 7.39. The summed E-state index contributed by atoms with van der Waals surface area (Å²) < 4.78 is 5.44. The van der Waals surface area contributed by atoms with Crippen LogP contribution in [0, 0.1) is 6.92 Å². The van der Waals surface area contributed by atoms with E-state index in [-0.39, 0.29) is 18.0 Å². The first-order valence-corrected chi connectivity index (χ1v) is 7.57. The molecule has 1 unspecified atom stereocenters. The molecular formula is C16H23N3O3. The van der Waals surface area contributed by atoms with Gasteiger partial charge in [-0.2, -0.15) is 0 Å². The Bertz CT molecular complexity index is 560. The summed E-state index contributed by atoms with van der Waals surface area (Å²) in [7, 11) is 0. The van der Waals surface area contributed by atoms with E-state index in [1.807, 2.05) is 26.0 Å². The molecule has 120 valence electrons. The molecule has 1 saturated heterocycles. The van der Waals surface area contributed by atoms with Crippen LogP contribution in [-0.4, -0.2) is 42.6 Å². The predicted octanol–water partition coefficient (Wildman–Crippen LogP) is 2.60. The van der Waals surface area contributed by atoms with Crippen LogP contribution in [0.3, 0.4) is 0 Å². The van der Waals surface area contributed by atoms with Crippen molar-refractivity contribution < 1.29 is 14.3 Å². The van der Waals surface area contributed by atoms with Crippen LogP contribution in [0.25, 0.3) is 0 Å². The molecule has 1 aromatic rings. The molecule has 1 fully saturated rings. The molecule has 1 aliphatic rings. The maximum Gasteiger partial charge on any atom is 0.322 e. The fourth-order valence-corrected chi connectivity index (χ4v) is 2.28. The largest absolute Gasteiger partial charge is 0.375 e. The van der Waals surface area contributed by atoms with Gasteiger partial charge in [0.05, 0.1) is 12.7 Å². The topological polar surface area (TPSA) is 70.7 Å². The lowest BCUT2D eigenvalue weighted by Crippen LogP contribution is -2.46. The summed E-state index contributed by atoms with van der Waals surface area (Å²) in [6, 6.07) is 5.35. The van der Waals surface area contributed by atoms with E-state index in [9.17, 15) is 9.59 Å². The molecule has 22 heavy (non-hydrogen) atoms. The van der Waals surface area contributed by atoms with Gasteiger partial charge in [-0.15, -0.1) is 0 Å². The lowest BCUT2D eigenvalue weighted by molar-refractivity contribution is -0.115. The Morgan fingerprint density at radius 1 is 1.36 bits per heavy atom. The van der Waals surface area contributed by atoms with E-state index in [1.165, 1.54) is 0 Å². The summed E-state index contributed by atoms with van der Waals surface area (Å²) >= 11 is 0. The normalized spacial score (nSPS) is 18.0. The number of morpholine rings is 1. The van der Waals surface area contributed by atoms with Crippen LogP contribution in [0.5, 0.6) is 0 Å². The van der Waals surface area contributed by atoms with Crippen LogP contribution >= 0.6 is 0 Å². The molecule has 6 nitrogen and oxygen atoms in total. The Morgan fingerprint density at radius 2 is 2.14 bits per heavy atom. The SMILES string of the molecule is CCC(=O)Nc1ccc(C)c(NC(=O)N2CCOC(C)C2)c1. The van der Waals surface area contributed by atoms with Crippen molar-refractivity contribution in [2.24, 2.45) is 0 Å². The second-order valence-corrected chi connectivity index (χ2v) is 5.49. The van der Waals surface area contributed by atoms with Gasteiger partial charge in [-0.05, 0) is 31.5 Å². The summed E-state index contributed by atoms with van der Waals surface area (Å²) in [6.07, 6.45) is 0.470. The second-order valence-electron chi connectivity index (χ2n) is 5.49. The van der Waals surface area contributed by atoms with E-state index in [1.54, 1.807) is 17.9 Å². The number of carbonyl (C=O) groups excluding carboxylic acids is 2. The highest BCUT2D eigenvalue weighted by atomic mass is 16.5. The quantitative estimate of drug-likeness (QED) is 0.901. The molecule has 3 amide bonds. The van der Waals surface area contributed by atoms with Crippen molar-refractivity contribution >= 4 is 23.3 Å². The van der Waals surface area contributed by atoms with Gasteiger partial charge in [0.15, 0.2) is 0 Å². The third-order valence-electron chi connectivity index (χ3n) is 3.61. The van der Waals surface area contributed by atoms with Crippen LogP contribution < -0.4 is 10.6 Å². The molecule has 2 N–H and O–H groups in total. The summed E-state index contributed by atoms with van der Waals surface area (Å²) in [5.41, 5.74) is 2.34. The first-order chi connectivity index (χ1) is 10.5. The first kappa shape index (κ1) is 16.3. The number of ether oxygens (including phenoxy) is 1. The molecule has 1 aliphatic heterocycles. The molecule has 6 heteroatoms. The molecule has 2 rings (SSSR count). The number of amides is 3. The molecule has 1 atom stereocenters. The zero-order valence-corrected chi connectivity index (χ0v) is 13.3. The number of hydrogen-bond acceptors (Lipinski definition) is 3. The lowest BCUT2D eigenvalue weighted by atomic mass is 10.1. The second kappa shape index (κ2) is 7.26. The minimum atomic E-state index is -0.141. The Balaban J connectivity index is 2.06. The minimum Gasteiger partial charge on any atom is -0.375 e. The zero-order chi connectivity index (χ0) is 16.1. The van der Waals surface area contributed by atoms with Crippen molar-refractivity contribution in [3.05, 3.63) is 23.8 Å². The van der Waals surface area contributed by atoms with E-state index < -0.39 is 0 Å². The maximum atomic E-state index is 12.3. The van der Waals surface area contributed by atoms with Crippen LogP contribution in [0.2, 0.25) is 0 Å². The molecule has 0 spiro atoms. The molecule has 0 aliphatic carbocycles. The van der Waals surface area contributed by atoms with Crippen molar-refractivity contribution in [1.82, 2.24) is 4.90 Å². The van der Waals surface area contributed by atoms with Gasteiger partial charge in [-0.25, -0.2) is 4.79 Å². The molecule has 0 saturated carbocycles. The lowest BCUT2D eigenvalue weighted by Gasteiger charge is -2.31. The minimum absolute atomic E-state index is 0.0516. The average molecular weight is 305 g/mol. The van der Waals surface area contributed by atoms with Crippen molar-refractivity contribution in [3.63, 3.8) is 0 Å². The molecule has 0 radical (unpaired) electrons. The van der Waals surface area contributed by atoms with E-state index in [0.717, 1.165) is 5.56 Å². The van der Waals surface area contributed by atoms with Gasteiger partial charge in [-0.1, -0.05) is 13.0 Å². The highest BCUT2D eigenvalue weighted by Gasteiger charge is 2.21. The fraction of sp³-hybridized carbons (Fsp3) is 0.500. The van der Waals surface area contributed by atoms with Gasteiger partial charge in [0.25, 0.3) is 0 Å². The molecule has 0 bridgehead atoms. The summed E-state index contributed by atoms with van der Waals surface area (Å²) in [5, 5.41) is 5.71. The zero-order valence-electron chi connectivity index (χ0n) is 13.3. The van der Waals surface area contributed by atoms with Crippen LogP contribution in [-0.2, 0) is 9.53 Å². The summed E-state index contributed by atoms with van der Waals surface area (Å²) in [4.78, 5) is 25.5. The Labute approximate surface area is 130 Å². The molecule has 0 aromatic heterocycles. The van der Waals surface area contributed by atoms with Gasteiger partial charge < -0.3 is 20.3 Å².